The summed E-state index contributed by atoms with van der Waals surface area (Å²) in [7, 11) is 2.81. The minimum atomic E-state index is -0.539. The third-order valence-corrected chi connectivity index (χ3v) is 5.56. The fourth-order valence-electron chi connectivity index (χ4n) is 3.22. The third kappa shape index (κ3) is 4.59. The largest absolute Gasteiger partial charge is 0.493 e. The number of imide groups is 1. The Labute approximate surface area is 177 Å². The van der Waals surface area contributed by atoms with E-state index < -0.39 is 17.1 Å². The van der Waals surface area contributed by atoms with Gasteiger partial charge in [-0.3, -0.25) is 24.1 Å². The molecule has 9 nitrogen and oxygen atoms in total. The van der Waals surface area contributed by atoms with Gasteiger partial charge in [-0.15, -0.1) is 0 Å². The molecule has 2 fully saturated rings. The first-order valence-corrected chi connectivity index (χ1v) is 10.1. The van der Waals surface area contributed by atoms with Crippen LogP contribution in [-0.4, -0.2) is 66.7 Å². The van der Waals surface area contributed by atoms with Crippen LogP contribution < -0.4 is 14.2 Å². The van der Waals surface area contributed by atoms with Crippen LogP contribution in [-0.2, 0) is 14.4 Å². The number of methoxy groups -OCH3 is 2. The molecule has 2 heterocycles. The van der Waals surface area contributed by atoms with E-state index in [9.17, 15) is 19.2 Å². The first-order chi connectivity index (χ1) is 14.3. The Morgan fingerprint density at radius 3 is 2.23 bits per heavy atom. The quantitative estimate of drug-likeness (QED) is 0.382. The number of likely N-dealkylation sites (tertiary alicyclic amines) is 1. The van der Waals surface area contributed by atoms with Gasteiger partial charge in [0.1, 0.15) is 6.54 Å². The van der Waals surface area contributed by atoms with Crippen LogP contribution in [0.1, 0.15) is 25.3 Å². The van der Waals surface area contributed by atoms with Gasteiger partial charge in [-0.05, 0) is 48.4 Å². The summed E-state index contributed by atoms with van der Waals surface area (Å²) in [6.45, 7) is 2.30. The van der Waals surface area contributed by atoms with Crippen LogP contribution in [0.3, 0.4) is 0 Å². The molecule has 2 aliphatic heterocycles. The van der Waals surface area contributed by atoms with Crippen LogP contribution in [0, 0.1) is 0 Å². The zero-order valence-electron chi connectivity index (χ0n) is 16.9. The molecule has 0 N–H and O–H groups in total. The number of carbonyl (C=O) groups is 4. The average Bonchev–Trinajstić information content (AvgIpc) is 3.33. The molecule has 30 heavy (non-hydrogen) atoms. The predicted molar refractivity (Wildman–Crippen MR) is 109 cm³/mol. The van der Waals surface area contributed by atoms with Crippen LogP contribution >= 0.6 is 11.8 Å². The molecule has 0 bridgehead atoms. The standard InChI is InChI=1S/C20H22N2O7S/c1-12(23)29-18-14(27-2)8-13(9-15(18)28-3)10-16-19(25)22(20(26)30-16)11-17(24)21-6-4-5-7-21/h8-10H,4-7,11H2,1-3H3/b16-10-. The summed E-state index contributed by atoms with van der Waals surface area (Å²) in [6, 6.07) is 3.12. The topological polar surface area (TPSA) is 102 Å². The van der Waals surface area contributed by atoms with Crippen LogP contribution in [0.15, 0.2) is 17.0 Å². The lowest BCUT2D eigenvalue weighted by molar-refractivity contribution is -0.135. The Morgan fingerprint density at radius 2 is 1.70 bits per heavy atom. The molecule has 0 spiro atoms. The first-order valence-electron chi connectivity index (χ1n) is 9.31. The number of nitrogens with zero attached hydrogens (tertiary/aromatic N) is 2. The second kappa shape index (κ2) is 9.21. The van der Waals surface area contributed by atoms with Gasteiger partial charge in [-0.25, -0.2) is 0 Å². The highest BCUT2D eigenvalue weighted by Crippen LogP contribution is 2.40. The molecular formula is C20H22N2O7S. The summed E-state index contributed by atoms with van der Waals surface area (Å²) >= 11 is 0.764. The van der Waals surface area contributed by atoms with Gasteiger partial charge in [0.25, 0.3) is 11.1 Å². The zero-order valence-corrected chi connectivity index (χ0v) is 17.7. The lowest BCUT2D eigenvalue weighted by Gasteiger charge is -2.18. The second-order valence-corrected chi connectivity index (χ2v) is 7.70. The predicted octanol–water partition coefficient (Wildman–Crippen LogP) is 2.29. The SMILES string of the molecule is COc1cc(/C=C2\SC(=O)N(CC(=O)N3CCCC3)C2=O)cc(OC)c1OC(C)=O. The van der Waals surface area contributed by atoms with Crippen molar-refractivity contribution in [2.45, 2.75) is 19.8 Å². The van der Waals surface area contributed by atoms with Crippen molar-refractivity contribution in [2.75, 3.05) is 33.9 Å². The van der Waals surface area contributed by atoms with Crippen LogP contribution in [0.4, 0.5) is 4.79 Å². The second-order valence-electron chi connectivity index (χ2n) is 6.70. The van der Waals surface area contributed by atoms with Gasteiger partial charge in [0, 0.05) is 20.0 Å². The van der Waals surface area contributed by atoms with Crippen LogP contribution in [0.25, 0.3) is 6.08 Å². The highest BCUT2D eigenvalue weighted by atomic mass is 32.2. The van der Waals surface area contributed by atoms with Gasteiger partial charge in [0.15, 0.2) is 11.5 Å². The summed E-state index contributed by atoms with van der Waals surface area (Å²) in [5.41, 5.74) is 0.510. The van der Waals surface area contributed by atoms with E-state index in [2.05, 4.69) is 0 Å². The van der Waals surface area contributed by atoms with E-state index in [4.69, 9.17) is 14.2 Å². The molecule has 0 aromatic heterocycles. The minimum Gasteiger partial charge on any atom is -0.493 e. The van der Waals surface area contributed by atoms with E-state index >= 15 is 0 Å². The summed E-state index contributed by atoms with van der Waals surface area (Å²) < 4.78 is 15.7. The Morgan fingerprint density at radius 1 is 1.10 bits per heavy atom. The lowest BCUT2D eigenvalue weighted by atomic mass is 10.1. The molecular weight excluding hydrogens is 412 g/mol. The molecule has 1 aromatic carbocycles. The summed E-state index contributed by atoms with van der Waals surface area (Å²) in [6.07, 6.45) is 3.37. The maximum absolute atomic E-state index is 12.7. The lowest BCUT2D eigenvalue weighted by Crippen LogP contribution is -2.40. The summed E-state index contributed by atoms with van der Waals surface area (Å²) in [5, 5.41) is -0.491. The van der Waals surface area contributed by atoms with Gasteiger partial charge >= 0.3 is 5.97 Å². The highest BCUT2D eigenvalue weighted by molar-refractivity contribution is 8.18. The number of rotatable bonds is 6. The van der Waals surface area contributed by atoms with Crippen molar-refractivity contribution < 1.29 is 33.4 Å². The van der Waals surface area contributed by atoms with Gasteiger partial charge in [-0.1, -0.05) is 0 Å². The molecule has 0 atom stereocenters. The van der Waals surface area contributed by atoms with E-state index in [0.29, 0.717) is 18.7 Å². The summed E-state index contributed by atoms with van der Waals surface area (Å²) in [4.78, 5) is 51.5. The number of carbonyl (C=O) groups excluding carboxylic acids is 4. The molecule has 2 saturated heterocycles. The maximum Gasteiger partial charge on any atom is 0.308 e. The molecule has 10 heteroatoms. The Balaban J connectivity index is 1.84. The molecule has 0 radical (unpaired) electrons. The highest BCUT2D eigenvalue weighted by Gasteiger charge is 2.37. The van der Waals surface area contributed by atoms with E-state index in [1.165, 1.54) is 27.2 Å². The van der Waals surface area contributed by atoms with Crippen molar-refractivity contribution in [1.29, 1.82) is 0 Å². The Bertz CT molecular complexity index is 897. The van der Waals surface area contributed by atoms with E-state index in [1.54, 1.807) is 17.0 Å². The van der Waals surface area contributed by atoms with E-state index in [0.717, 1.165) is 29.5 Å². The maximum atomic E-state index is 12.7. The number of ether oxygens (including phenoxy) is 3. The number of benzene rings is 1. The molecule has 2 aliphatic rings. The van der Waals surface area contributed by atoms with E-state index in [-0.39, 0.29) is 34.6 Å². The van der Waals surface area contributed by atoms with Crippen molar-refractivity contribution in [3.8, 4) is 17.2 Å². The van der Waals surface area contributed by atoms with Gasteiger partial charge in [0.2, 0.25) is 11.7 Å². The van der Waals surface area contributed by atoms with Gasteiger partial charge in [0.05, 0.1) is 19.1 Å². The smallest absolute Gasteiger partial charge is 0.308 e. The van der Waals surface area contributed by atoms with Gasteiger partial charge in [-0.2, -0.15) is 0 Å². The number of hydrogen-bond acceptors (Lipinski definition) is 8. The number of thioether (sulfide) groups is 1. The zero-order chi connectivity index (χ0) is 21.8. The number of hydrogen-bond donors (Lipinski definition) is 0. The molecule has 160 valence electrons. The molecule has 0 unspecified atom stereocenters. The van der Waals surface area contributed by atoms with Crippen molar-refractivity contribution in [3.05, 3.63) is 22.6 Å². The molecule has 3 amide bonds. The first kappa shape index (κ1) is 21.7. The van der Waals surface area contributed by atoms with Gasteiger partial charge < -0.3 is 19.1 Å². The van der Waals surface area contributed by atoms with Crippen LogP contribution in [0.2, 0.25) is 0 Å². The fraction of sp³-hybridized carbons (Fsp3) is 0.400. The molecule has 0 saturated carbocycles. The normalized spacial score (nSPS) is 17.6. The van der Waals surface area contributed by atoms with Crippen molar-refractivity contribution >= 4 is 40.9 Å². The molecule has 3 rings (SSSR count). The number of esters is 1. The third-order valence-electron chi connectivity index (χ3n) is 4.65. The Hall–Kier alpha value is -3.01. The minimum absolute atomic E-state index is 0.119. The van der Waals surface area contributed by atoms with Crippen LogP contribution in [0.5, 0.6) is 17.2 Å². The number of amides is 3. The molecule has 1 aromatic rings. The average molecular weight is 434 g/mol. The Kier molecular flexibility index (Phi) is 6.66. The fourth-order valence-corrected chi connectivity index (χ4v) is 4.06. The van der Waals surface area contributed by atoms with Crippen molar-refractivity contribution in [2.24, 2.45) is 0 Å². The monoisotopic (exact) mass is 434 g/mol. The van der Waals surface area contributed by atoms with E-state index in [1.807, 2.05) is 0 Å². The van der Waals surface area contributed by atoms with Crippen molar-refractivity contribution in [1.82, 2.24) is 9.80 Å². The summed E-state index contributed by atoms with van der Waals surface area (Å²) in [5.74, 6) is -0.708. The van der Waals surface area contributed by atoms with Crippen molar-refractivity contribution in [3.63, 3.8) is 0 Å². The molecule has 0 aliphatic carbocycles.